The van der Waals surface area contributed by atoms with Crippen molar-refractivity contribution in [3.05, 3.63) is 51.3 Å². The number of anilines is 2. The minimum absolute atomic E-state index is 0.0222. The summed E-state index contributed by atoms with van der Waals surface area (Å²) in [6.07, 6.45) is 3.94. The van der Waals surface area contributed by atoms with E-state index in [1.165, 1.54) is 11.3 Å². The Kier molecular flexibility index (Phi) is 4.47. The maximum atomic E-state index is 12.3. The fourth-order valence-corrected chi connectivity index (χ4v) is 4.14. The second-order valence-corrected chi connectivity index (χ2v) is 8.42. The lowest BCUT2D eigenvalue weighted by Gasteiger charge is -2.11. The maximum Gasteiger partial charge on any atom is 0.339 e. The highest BCUT2D eigenvalue weighted by Gasteiger charge is 2.26. The van der Waals surface area contributed by atoms with E-state index in [0.29, 0.717) is 24.2 Å². The number of carbonyl (C=O) groups is 1. The molecule has 0 unspecified atom stereocenters. The number of rotatable bonds is 6. The first-order valence-corrected chi connectivity index (χ1v) is 9.87. The molecule has 1 aliphatic carbocycles. The van der Waals surface area contributed by atoms with Crippen LogP contribution in [0.25, 0.3) is 10.2 Å². The lowest BCUT2D eigenvalue weighted by atomic mass is 10.1. The molecule has 0 radical (unpaired) electrons. The SMILES string of the molecule is CC(C)Cn1c(=O)sc2cc(Nc3ncc(C4CC4)cc3C(=O)O)ccc21. The summed E-state index contributed by atoms with van der Waals surface area (Å²) in [6.45, 7) is 4.84. The van der Waals surface area contributed by atoms with Crippen LogP contribution >= 0.6 is 11.3 Å². The van der Waals surface area contributed by atoms with E-state index in [4.69, 9.17) is 0 Å². The molecule has 1 saturated carbocycles. The molecular weight excluding hydrogens is 362 g/mol. The molecule has 7 heteroatoms. The molecule has 2 heterocycles. The first-order chi connectivity index (χ1) is 12.9. The summed E-state index contributed by atoms with van der Waals surface area (Å²) in [4.78, 5) is 28.3. The molecule has 27 heavy (non-hydrogen) atoms. The molecule has 2 N–H and O–H groups in total. The summed E-state index contributed by atoms with van der Waals surface area (Å²) in [5.74, 6) is 0.145. The Bertz CT molecular complexity index is 1080. The van der Waals surface area contributed by atoms with Gasteiger partial charge in [0.05, 0.1) is 10.2 Å². The molecule has 0 amide bonds. The molecule has 140 valence electrons. The monoisotopic (exact) mass is 383 g/mol. The van der Waals surface area contributed by atoms with Crippen LogP contribution in [0, 0.1) is 5.92 Å². The van der Waals surface area contributed by atoms with E-state index in [1.54, 1.807) is 16.8 Å². The second-order valence-electron chi connectivity index (χ2n) is 7.42. The third-order valence-electron chi connectivity index (χ3n) is 4.67. The van der Waals surface area contributed by atoms with Gasteiger partial charge < -0.3 is 10.4 Å². The Hall–Kier alpha value is -2.67. The molecule has 6 nitrogen and oxygen atoms in total. The Morgan fingerprint density at radius 3 is 2.81 bits per heavy atom. The van der Waals surface area contributed by atoms with Crippen molar-refractivity contribution in [1.29, 1.82) is 0 Å². The van der Waals surface area contributed by atoms with Crippen LogP contribution in [0.5, 0.6) is 0 Å². The van der Waals surface area contributed by atoms with E-state index in [2.05, 4.69) is 24.1 Å². The van der Waals surface area contributed by atoms with Gasteiger partial charge in [-0.15, -0.1) is 0 Å². The summed E-state index contributed by atoms with van der Waals surface area (Å²) in [6, 6.07) is 7.34. The van der Waals surface area contributed by atoms with Crippen molar-refractivity contribution in [2.45, 2.75) is 39.2 Å². The number of nitrogens with one attached hydrogen (secondary N) is 1. The van der Waals surface area contributed by atoms with Gasteiger partial charge in [0.2, 0.25) is 0 Å². The van der Waals surface area contributed by atoms with Crippen LogP contribution in [-0.4, -0.2) is 20.6 Å². The average Bonchev–Trinajstić information content (AvgIpc) is 3.41. The third kappa shape index (κ3) is 3.60. The number of nitrogens with zero attached hydrogens (tertiary/aromatic N) is 2. The van der Waals surface area contributed by atoms with Crippen molar-refractivity contribution < 1.29 is 9.90 Å². The van der Waals surface area contributed by atoms with Crippen molar-refractivity contribution in [3.8, 4) is 0 Å². The standard InChI is InChI=1S/C20H21N3O3S/c1-11(2)10-23-16-6-5-14(8-17(16)27-20(23)26)22-18-15(19(24)25)7-13(9-21-18)12-3-4-12/h5-9,11-12H,3-4,10H2,1-2H3,(H,21,22)(H,24,25). The van der Waals surface area contributed by atoms with Crippen molar-refractivity contribution >= 4 is 39.0 Å². The third-order valence-corrected chi connectivity index (χ3v) is 5.61. The van der Waals surface area contributed by atoms with Gasteiger partial charge in [0, 0.05) is 18.4 Å². The zero-order chi connectivity index (χ0) is 19.1. The van der Waals surface area contributed by atoms with Crippen molar-refractivity contribution in [2.75, 3.05) is 5.32 Å². The van der Waals surface area contributed by atoms with Gasteiger partial charge in [-0.05, 0) is 54.5 Å². The van der Waals surface area contributed by atoms with Crippen LogP contribution in [-0.2, 0) is 6.54 Å². The number of benzene rings is 1. The fourth-order valence-electron chi connectivity index (χ4n) is 3.20. The highest BCUT2D eigenvalue weighted by molar-refractivity contribution is 7.16. The van der Waals surface area contributed by atoms with Gasteiger partial charge in [-0.1, -0.05) is 25.2 Å². The van der Waals surface area contributed by atoms with Crippen LogP contribution in [0.1, 0.15) is 48.5 Å². The van der Waals surface area contributed by atoms with Gasteiger partial charge in [-0.25, -0.2) is 9.78 Å². The number of thiazole rings is 1. The van der Waals surface area contributed by atoms with Crippen molar-refractivity contribution in [3.63, 3.8) is 0 Å². The summed E-state index contributed by atoms with van der Waals surface area (Å²) in [7, 11) is 0. The smallest absolute Gasteiger partial charge is 0.339 e. The average molecular weight is 383 g/mol. The number of hydrogen-bond donors (Lipinski definition) is 2. The number of fused-ring (bicyclic) bond motifs is 1. The molecule has 4 rings (SSSR count). The highest BCUT2D eigenvalue weighted by atomic mass is 32.1. The minimum Gasteiger partial charge on any atom is -0.478 e. The minimum atomic E-state index is -0.999. The van der Waals surface area contributed by atoms with Gasteiger partial charge in [-0.2, -0.15) is 0 Å². The Morgan fingerprint density at radius 2 is 2.15 bits per heavy atom. The van der Waals surface area contributed by atoms with E-state index in [-0.39, 0.29) is 10.4 Å². The van der Waals surface area contributed by atoms with Crippen LogP contribution in [0.2, 0.25) is 0 Å². The van der Waals surface area contributed by atoms with Crippen molar-refractivity contribution in [2.24, 2.45) is 5.92 Å². The Balaban J connectivity index is 1.67. The fraction of sp³-hybridized carbons (Fsp3) is 0.350. The molecule has 0 bridgehead atoms. The summed E-state index contributed by atoms with van der Waals surface area (Å²) < 4.78 is 2.66. The lowest BCUT2D eigenvalue weighted by Crippen LogP contribution is -2.16. The number of carboxylic acids is 1. The van der Waals surface area contributed by atoms with Gasteiger partial charge in [0.15, 0.2) is 0 Å². The highest BCUT2D eigenvalue weighted by Crippen LogP contribution is 2.40. The normalized spacial score (nSPS) is 14.0. The van der Waals surface area contributed by atoms with Crippen molar-refractivity contribution in [1.82, 2.24) is 9.55 Å². The Morgan fingerprint density at radius 1 is 1.37 bits per heavy atom. The largest absolute Gasteiger partial charge is 0.478 e. The topological polar surface area (TPSA) is 84.2 Å². The summed E-state index contributed by atoms with van der Waals surface area (Å²) in [5.41, 5.74) is 2.77. The molecule has 0 saturated heterocycles. The summed E-state index contributed by atoms with van der Waals surface area (Å²) >= 11 is 1.20. The van der Waals surface area contributed by atoms with Crippen LogP contribution < -0.4 is 10.2 Å². The maximum absolute atomic E-state index is 12.3. The van der Waals surface area contributed by atoms with Crippen LogP contribution in [0.4, 0.5) is 11.5 Å². The van der Waals surface area contributed by atoms with Gasteiger partial charge in [0.1, 0.15) is 11.4 Å². The molecule has 0 atom stereocenters. The molecule has 1 aliphatic rings. The zero-order valence-corrected chi connectivity index (χ0v) is 16.0. The van der Waals surface area contributed by atoms with E-state index in [9.17, 15) is 14.7 Å². The first kappa shape index (κ1) is 17.7. The molecule has 0 spiro atoms. The summed E-state index contributed by atoms with van der Waals surface area (Å²) in [5, 5.41) is 12.6. The zero-order valence-electron chi connectivity index (χ0n) is 15.2. The number of carboxylic acid groups (broad SMARTS) is 1. The predicted octanol–water partition coefficient (Wildman–Crippen LogP) is 4.43. The predicted molar refractivity (Wildman–Crippen MR) is 107 cm³/mol. The van der Waals surface area contributed by atoms with Gasteiger partial charge in [0.25, 0.3) is 0 Å². The van der Waals surface area contributed by atoms with E-state index in [1.807, 2.05) is 18.2 Å². The molecule has 1 fully saturated rings. The lowest BCUT2D eigenvalue weighted by molar-refractivity contribution is 0.0697. The first-order valence-electron chi connectivity index (χ1n) is 9.06. The van der Waals surface area contributed by atoms with Gasteiger partial charge in [-0.3, -0.25) is 9.36 Å². The number of pyridine rings is 1. The van der Waals surface area contributed by atoms with Gasteiger partial charge >= 0.3 is 10.8 Å². The van der Waals surface area contributed by atoms with E-state index in [0.717, 1.165) is 34.3 Å². The van der Waals surface area contributed by atoms with Crippen LogP contribution in [0.15, 0.2) is 35.3 Å². The molecular formula is C20H21N3O3S. The number of aromatic nitrogens is 2. The Labute approximate surface area is 160 Å². The molecule has 0 aliphatic heterocycles. The molecule has 3 aromatic rings. The van der Waals surface area contributed by atoms with Crippen LogP contribution in [0.3, 0.4) is 0 Å². The second kappa shape index (κ2) is 6.81. The number of hydrogen-bond acceptors (Lipinski definition) is 5. The molecule has 2 aromatic heterocycles. The van der Waals surface area contributed by atoms with E-state index < -0.39 is 5.97 Å². The van der Waals surface area contributed by atoms with E-state index >= 15 is 0 Å². The molecule has 1 aromatic carbocycles. The number of aromatic carboxylic acids is 1. The quantitative estimate of drug-likeness (QED) is 0.658.